The van der Waals surface area contributed by atoms with Gasteiger partial charge in [-0.1, -0.05) is 32.4 Å². The summed E-state index contributed by atoms with van der Waals surface area (Å²) in [6.45, 7) is 11.1. The molecule has 29 atom stereocenters. The Morgan fingerprint density at radius 3 is 1.89 bits per heavy atom. The van der Waals surface area contributed by atoms with Crippen LogP contribution in [0.1, 0.15) is 99.3 Å². The van der Waals surface area contributed by atoms with Gasteiger partial charge in [-0.25, -0.2) is 0 Å². The predicted octanol–water partition coefficient (Wildman–Crippen LogP) is -1.03. The Morgan fingerprint density at radius 1 is 0.653 bits per heavy atom. The van der Waals surface area contributed by atoms with Gasteiger partial charge >= 0.3 is 0 Å². The summed E-state index contributed by atoms with van der Waals surface area (Å²) in [5.41, 5.74) is 2.59. The lowest BCUT2D eigenvalue weighted by molar-refractivity contribution is -0.388. The minimum absolute atomic E-state index is 0.0680. The molecule has 5 aliphatic heterocycles. The van der Waals surface area contributed by atoms with Crippen molar-refractivity contribution in [1.29, 1.82) is 0 Å². The van der Waals surface area contributed by atoms with Crippen molar-refractivity contribution in [3.05, 3.63) is 23.0 Å². The molecule has 4 aliphatic carbocycles. The quantitative estimate of drug-likeness (QED) is 0.0926. The minimum atomic E-state index is -1.74. The molecule has 0 bridgehead atoms. The maximum Gasteiger partial charge on any atom is 0.187 e. The van der Waals surface area contributed by atoms with Crippen LogP contribution in [0.15, 0.2) is 23.0 Å². The number of hydrogen-bond acceptors (Lipinski definition) is 21. The largest absolute Gasteiger partial charge is 0.494 e. The zero-order valence-electron chi connectivity index (χ0n) is 42.2. The summed E-state index contributed by atoms with van der Waals surface area (Å²) in [5.74, 6) is 2.80. The van der Waals surface area contributed by atoms with Crippen molar-refractivity contribution in [2.75, 3.05) is 19.8 Å². The van der Waals surface area contributed by atoms with E-state index in [1.165, 1.54) is 25.0 Å². The van der Waals surface area contributed by atoms with Crippen LogP contribution in [0.4, 0.5) is 0 Å². The average molecular weight is 1030 g/mol. The van der Waals surface area contributed by atoms with Gasteiger partial charge < -0.3 is 104 Å². The molecule has 72 heavy (non-hydrogen) atoms. The van der Waals surface area contributed by atoms with Crippen LogP contribution in [0, 0.1) is 40.4 Å². The van der Waals surface area contributed by atoms with E-state index in [1.54, 1.807) is 0 Å². The maximum absolute atomic E-state index is 12.0. The second kappa shape index (κ2) is 21.7. The number of aliphatic hydroxyl groups is 12. The van der Waals surface area contributed by atoms with E-state index < -0.39 is 142 Å². The fraction of sp³-hybridized carbons (Fsp3) is 0.922. The van der Waals surface area contributed by atoms with Gasteiger partial charge in [0.15, 0.2) is 25.2 Å². The van der Waals surface area contributed by atoms with E-state index in [4.69, 9.17) is 42.6 Å². The summed E-state index contributed by atoms with van der Waals surface area (Å²) in [5, 5.41) is 126. The number of rotatable bonds is 14. The van der Waals surface area contributed by atoms with Crippen molar-refractivity contribution in [2.45, 2.75) is 234 Å². The summed E-state index contributed by atoms with van der Waals surface area (Å²) in [7, 11) is 0. The van der Waals surface area contributed by atoms with Crippen molar-refractivity contribution in [3.8, 4) is 0 Å². The third-order valence-corrected chi connectivity index (χ3v) is 18.8. The molecule has 0 spiro atoms. The van der Waals surface area contributed by atoms with E-state index in [0.717, 1.165) is 50.7 Å². The number of allylic oxidation sites excluding steroid dienone is 2. The highest BCUT2D eigenvalue weighted by Gasteiger charge is 2.64. The molecule has 0 aromatic heterocycles. The average Bonchev–Trinajstić information content (AvgIpc) is 3.85. The highest BCUT2D eigenvalue weighted by Crippen LogP contribution is 2.69. The molecule has 21 nitrogen and oxygen atoms in total. The van der Waals surface area contributed by atoms with Crippen molar-refractivity contribution in [3.63, 3.8) is 0 Å². The maximum atomic E-state index is 12.0. The fourth-order valence-electron chi connectivity index (χ4n) is 14.5. The normalized spacial score (nSPS) is 52.9. The third-order valence-electron chi connectivity index (χ3n) is 18.8. The number of hydrogen-bond donors (Lipinski definition) is 12. The summed E-state index contributed by atoms with van der Waals surface area (Å²) in [6, 6.07) is 0. The van der Waals surface area contributed by atoms with Crippen molar-refractivity contribution in [1.82, 2.24) is 0 Å². The standard InChI is InChI=1S/C51H82O21/c1-20(19-64-46-40(60)39(59)36(56)31(17-52)69-46)7-10-29-21(2)33-30(68-29)16-28-26-9-8-24-15-25(11-13-50(24,5)27(26)12-14-51(28,33)6)67-49-45(72-48-42(62)38(58)35(55)23(4)66-48)43(63)44(32(18-53)70-49)71-47-41(61)37(57)34(54)22(3)65-47/h8,20,22-23,25-28,30-49,52-63H,7,9-19H2,1-6H3/t20-,22-,23-,25-,26+,27-,28-,30-,31+,32+,33-,34-,35-,36+,37+,38+,39-,40+,41+,42+,43-,44+,45+,46+,47-,48-,49+,50-,51-/m0/s1. The Labute approximate surface area is 420 Å². The lowest BCUT2D eigenvalue weighted by Gasteiger charge is -2.58. The Bertz CT molecular complexity index is 1920. The molecule has 0 aromatic rings. The van der Waals surface area contributed by atoms with Crippen LogP contribution in [-0.2, 0) is 42.6 Å². The molecule has 5 heterocycles. The summed E-state index contributed by atoms with van der Waals surface area (Å²) in [4.78, 5) is 0. The number of fused-ring (bicyclic) bond motifs is 7. The molecule has 4 saturated heterocycles. The fourth-order valence-corrected chi connectivity index (χ4v) is 14.5. The number of aliphatic hydroxyl groups excluding tert-OH is 12. The van der Waals surface area contributed by atoms with Crippen LogP contribution in [0.25, 0.3) is 0 Å². The Morgan fingerprint density at radius 2 is 1.25 bits per heavy atom. The first-order chi connectivity index (χ1) is 34.1. The van der Waals surface area contributed by atoms with Crippen LogP contribution in [0.3, 0.4) is 0 Å². The number of ether oxygens (including phenoxy) is 9. The van der Waals surface area contributed by atoms with Gasteiger partial charge in [-0.3, -0.25) is 0 Å². The molecule has 0 amide bonds. The lowest BCUT2D eigenvalue weighted by Crippen LogP contribution is -2.66. The van der Waals surface area contributed by atoms with Gasteiger partial charge in [0.2, 0.25) is 0 Å². The second-order valence-corrected chi connectivity index (χ2v) is 23.2. The monoisotopic (exact) mass is 1030 g/mol. The lowest BCUT2D eigenvalue weighted by atomic mass is 9.47. The Kier molecular flexibility index (Phi) is 16.7. The van der Waals surface area contributed by atoms with Crippen LogP contribution in [0.5, 0.6) is 0 Å². The summed E-state index contributed by atoms with van der Waals surface area (Å²) in [6.07, 6.45) is -18.8. The summed E-state index contributed by atoms with van der Waals surface area (Å²) < 4.78 is 54.8. The van der Waals surface area contributed by atoms with Gasteiger partial charge in [0.25, 0.3) is 0 Å². The zero-order chi connectivity index (χ0) is 51.9. The van der Waals surface area contributed by atoms with Crippen molar-refractivity contribution in [2.24, 2.45) is 40.4 Å². The van der Waals surface area contributed by atoms with Crippen LogP contribution >= 0.6 is 0 Å². The molecule has 0 radical (unpaired) electrons. The summed E-state index contributed by atoms with van der Waals surface area (Å²) >= 11 is 0. The van der Waals surface area contributed by atoms with Crippen LogP contribution in [-0.4, -0.2) is 216 Å². The zero-order valence-corrected chi connectivity index (χ0v) is 42.2. The molecular formula is C51H82O21. The molecule has 412 valence electrons. The minimum Gasteiger partial charge on any atom is -0.494 e. The van der Waals surface area contributed by atoms with E-state index in [-0.39, 0.29) is 29.5 Å². The van der Waals surface area contributed by atoms with E-state index in [9.17, 15) is 61.3 Å². The molecule has 12 N–H and O–H groups in total. The van der Waals surface area contributed by atoms with Gasteiger partial charge in [-0.05, 0) is 112 Å². The highest BCUT2D eigenvalue weighted by atomic mass is 16.8. The van der Waals surface area contributed by atoms with Gasteiger partial charge in [0, 0.05) is 12.3 Å². The van der Waals surface area contributed by atoms with E-state index in [0.29, 0.717) is 36.5 Å². The van der Waals surface area contributed by atoms with Crippen LogP contribution in [0.2, 0.25) is 0 Å². The van der Waals surface area contributed by atoms with E-state index in [2.05, 4.69) is 26.8 Å². The Balaban J connectivity index is 0.849. The molecule has 3 saturated carbocycles. The van der Waals surface area contributed by atoms with E-state index in [1.807, 2.05) is 6.92 Å². The van der Waals surface area contributed by atoms with Gasteiger partial charge in [0.1, 0.15) is 91.6 Å². The van der Waals surface area contributed by atoms with Gasteiger partial charge in [-0.15, -0.1) is 0 Å². The second-order valence-electron chi connectivity index (χ2n) is 23.2. The predicted molar refractivity (Wildman–Crippen MR) is 247 cm³/mol. The first-order valence-corrected chi connectivity index (χ1v) is 26.4. The Hall–Kier alpha value is -1.52. The SMILES string of the molecule is CC1=C(CC[C@H](C)CO[C@@H]2O[C@H](CO)[C@@H](O)[C@H](O)[C@H]2O)O[C@H]2C[C@H]3[C@@H]4CC=C5C[C@@H](O[C@@H]6O[C@H](CO)[C@@H](O[C@@H]7O[C@@H](C)[C@H](O)[C@@H](O)[C@H]7O)[C@H](O)[C@H]6O[C@@H]6O[C@@H](C)[C@H](O)[C@@H](O)[C@H]6O)CC[C@]5(C)[C@H]4CC[C@]3(C)[C@@H]12. The smallest absolute Gasteiger partial charge is 0.187 e. The molecule has 9 rings (SSSR count). The highest BCUT2D eigenvalue weighted by molar-refractivity contribution is 5.30. The molecule has 0 aromatic carbocycles. The molecule has 9 aliphatic rings. The first kappa shape index (κ1) is 55.2. The topological polar surface area (TPSA) is 326 Å². The van der Waals surface area contributed by atoms with Crippen molar-refractivity contribution >= 4 is 0 Å². The third kappa shape index (κ3) is 9.90. The molecular weight excluding hydrogens is 949 g/mol. The van der Waals surface area contributed by atoms with E-state index >= 15 is 0 Å². The molecule has 21 heteroatoms. The van der Waals surface area contributed by atoms with Crippen LogP contribution < -0.4 is 0 Å². The van der Waals surface area contributed by atoms with Crippen molar-refractivity contribution < 1.29 is 104 Å². The molecule has 7 fully saturated rings. The molecule has 0 unspecified atom stereocenters. The first-order valence-electron chi connectivity index (χ1n) is 26.4. The van der Waals surface area contributed by atoms with Gasteiger partial charge in [0.05, 0.1) is 43.9 Å². The van der Waals surface area contributed by atoms with Gasteiger partial charge in [-0.2, -0.15) is 0 Å².